The molecule has 1 amide bonds. The number of amides is 1. The van der Waals surface area contributed by atoms with Gasteiger partial charge in [-0.25, -0.2) is 0 Å². The summed E-state index contributed by atoms with van der Waals surface area (Å²) in [5, 5.41) is 12.2. The molecule has 8 heteroatoms. The average Bonchev–Trinajstić information content (AvgIpc) is 3.28. The molecule has 172 valence electrons. The SMILES string of the molecule is COCCN1C(=O)C(=O)/C(=C(/O)c2ccc(OC)cc2OC)C1c1c(C)[nH]c2ccccc12. The lowest BCUT2D eigenvalue weighted by Gasteiger charge is -2.25. The molecule has 3 aromatic rings. The summed E-state index contributed by atoms with van der Waals surface area (Å²) < 4.78 is 15.9. The zero-order valence-corrected chi connectivity index (χ0v) is 19.0. The molecular formula is C25H26N2O6. The minimum absolute atomic E-state index is 0.00687. The summed E-state index contributed by atoms with van der Waals surface area (Å²) in [7, 11) is 4.52. The number of methoxy groups -OCH3 is 3. The van der Waals surface area contributed by atoms with Gasteiger partial charge in [0.1, 0.15) is 17.3 Å². The summed E-state index contributed by atoms with van der Waals surface area (Å²) in [4.78, 5) is 31.1. The van der Waals surface area contributed by atoms with Crippen molar-refractivity contribution in [2.75, 3.05) is 34.5 Å². The Morgan fingerprint density at radius 2 is 1.85 bits per heavy atom. The van der Waals surface area contributed by atoms with Crippen molar-refractivity contribution in [2.45, 2.75) is 13.0 Å². The topological polar surface area (TPSA) is 101 Å². The maximum absolute atomic E-state index is 13.2. The maximum atomic E-state index is 13.2. The summed E-state index contributed by atoms with van der Waals surface area (Å²) in [6, 6.07) is 11.8. The number of ether oxygens (including phenoxy) is 3. The number of hydrogen-bond acceptors (Lipinski definition) is 6. The smallest absolute Gasteiger partial charge is 0.295 e. The highest BCUT2D eigenvalue weighted by Gasteiger charge is 2.47. The monoisotopic (exact) mass is 450 g/mol. The molecule has 1 saturated heterocycles. The number of aromatic nitrogens is 1. The molecule has 2 aromatic carbocycles. The largest absolute Gasteiger partial charge is 0.507 e. The van der Waals surface area contributed by atoms with E-state index in [-0.39, 0.29) is 24.5 Å². The van der Waals surface area contributed by atoms with E-state index in [4.69, 9.17) is 14.2 Å². The van der Waals surface area contributed by atoms with Crippen LogP contribution in [0.2, 0.25) is 0 Å². The molecule has 0 saturated carbocycles. The first-order valence-corrected chi connectivity index (χ1v) is 10.5. The molecule has 2 heterocycles. The molecule has 0 spiro atoms. The third-order valence-corrected chi connectivity index (χ3v) is 5.96. The fraction of sp³-hybridized carbons (Fsp3) is 0.280. The van der Waals surface area contributed by atoms with Crippen LogP contribution in [0.4, 0.5) is 0 Å². The fourth-order valence-corrected chi connectivity index (χ4v) is 4.39. The lowest BCUT2D eigenvalue weighted by molar-refractivity contribution is -0.140. The molecule has 4 rings (SSSR count). The molecule has 0 radical (unpaired) electrons. The van der Waals surface area contributed by atoms with Crippen molar-refractivity contribution in [3.05, 3.63) is 64.9 Å². The van der Waals surface area contributed by atoms with Gasteiger partial charge >= 0.3 is 0 Å². The Morgan fingerprint density at radius 1 is 1.09 bits per heavy atom. The van der Waals surface area contributed by atoms with Crippen LogP contribution >= 0.6 is 0 Å². The maximum Gasteiger partial charge on any atom is 0.295 e. The highest BCUT2D eigenvalue weighted by molar-refractivity contribution is 6.46. The van der Waals surface area contributed by atoms with Gasteiger partial charge in [-0.15, -0.1) is 0 Å². The number of ketones is 1. The van der Waals surface area contributed by atoms with E-state index < -0.39 is 17.7 Å². The van der Waals surface area contributed by atoms with Crippen LogP contribution in [0.3, 0.4) is 0 Å². The summed E-state index contributed by atoms with van der Waals surface area (Å²) in [6.45, 7) is 2.33. The van der Waals surface area contributed by atoms with Gasteiger partial charge in [-0.2, -0.15) is 0 Å². The van der Waals surface area contributed by atoms with Crippen LogP contribution in [-0.2, 0) is 14.3 Å². The predicted octanol–water partition coefficient (Wildman–Crippen LogP) is 3.56. The normalized spacial score (nSPS) is 17.7. The molecule has 2 N–H and O–H groups in total. The van der Waals surface area contributed by atoms with Gasteiger partial charge in [-0.3, -0.25) is 9.59 Å². The first kappa shape index (κ1) is 22.4. The van der Waals surface area contributed by atoms with Crippen LogP contribution in [0, 0.1) is 6.92 Å². The van der Waals surface area contributed by atoms with Crippen LogP contribution in [0.25, 0.3) is 16.7 Å². The number of carbonyl (C=O) groups is 2. The number of Topliss-reactive ketones (excluding diaryl/α,β-unsaturated/α-hetero) is 1. The van der Waals surface area contributed by atoms with Crippen LogP contribution in [0.5, 0.6) is 11.5 Å². The van der Waals surface area contributed by atoms with Gasteiger partial charge in [0, 0.05) is 41.9 Å². The number of benzene rings is 2. The molecule has 1 atom stereocenters. The van der Waals surface area contributed by atoms with Crippen molar-refractivity contribution in [1.82, 2.24) is 9.88 Å². The van der Waals surface area contributed by atoms with E-state index in [1.807, 2.05) is 31.2 Å². The number of nitrogens with one attached hydrogen (secondary N) is 1. The lowest BCUT2D eigenvalue weighted by atomic mass is 9.93. The fourth-order valence-electron chi connectivity index (χ4n) is 4.39. The number of para-hydroxylation sites is 1. The predicted molar refractivity (Wildman–Crippen MR) is 123 cm³/mol. The number of nitrogens with zero attached hydrogens (tertiary/aromatic N) is 1. The molecule has 1 unspecified atom stereocenters. The molecule has 8 nitrogen and oxygen atoms in total. The second kappa shape index (κ2) is 8.99. The van der Waals surface area contributed by atoms with Crippen LogP contribution < -0.4 is 9.47 Å². The highest BCUT2D eigenvalue weighted by Crippen LogP contribution is 2.44. The molecule has 1 aliphatic rings. The summed E-state index contributed by atoms with van der Waals surface area (Å²) in [5.41, 5.74) is 2.75. The van der Waals surface area contributed by atoms with Crippen LogP contribution in [0.1, 0.15) is 22.9 Å². The molecule has 0 aliphatic carbocycles. The van der Waals surface area contributed by atoms with Crippen molar-refractivity contribution < 1.29 is 28.9 Å². The Hall–Kier alpha value is -3.78. The molecule has 1 fully saturated rings. The van der Waals surface area contributed by atoms with E-state index in [1.54, 1.807) is 18.2 Å². The van der Waals surface area contributed by atoms with E-state index in [9.17, 15) is 14.7 Å². The Balaban J connectivity index is 1.98. The van der Waals surface area contributed by atoms with Crippen molar-refractivity contribution in [2.24, 2.45) is 0 Å². The third kappa shape index (κ3) is 3.72. The van der Waals surface area contributed by atoms with E-state index in [0.717, 1.165) is 22.2 Å². The second-order valence-corrected chi connectivity index (χ2v) is 7.76. The summed E-state index contributed by atoms with van der Waals surface area (Å²) in [6.07, 6.45) is 0. The Kier molecular flexibility index (Phi) is 6.11. The minimum atomic E-state index is -0.789. The van der Waals surface area contributed by atoms with Crippen molar-refractivity contribution in [3.63, 3.8) is 0 Å². The van der Waals surface area contributed by atoms with E-state index >= 15 is 0 Å². The number of aliphatic hydroxyl groups excluding tert-OH is 1. The Bertz CT molecular complexity index is 1260. The summed E-state index contributed by atoms with van der Waals surface area (Å²) >= 11 is 0. The van der Waals surface area contributed by atoms with E-state index in [0.29, 0.717) is 17.1 Å². The van der Waals surface area contributed by atoms with Crippen molar-refractivity contribution in [1.29, 1.82) is 0 Å². The summed E-state index contributed by atoms with van der Waals surface area (Å²) in [5.74, 6) is -0.883. The number of H-pyrrole nitrogens is 1. The molecule has 0 bridgehead atoms. The second-order valence-electron chi connectivity index (χ2n) is 7.76. The van der Waals surface area contributed by atoms with Gasteiger partial charge in [0.05, 0.1) is 38.0 Å². The van der Waals surface area contributed by atoms with Gasteiger partial charge in [0.25, 0.3) is 11.7 Å². The third-order valence-electron chi connectivity index (χ3n) is 5.96. The van der Waals surface area contributed by atoms with Crippen LogP contribution in [-0.4, -0.2) is 61.2 Å². The lowest BCUT2D eigenvalue weighted by Crippen LogP contribution is -2.32. The highest BCUT2D eigenvalue weighted by atomic mass is 16.5. The van der Waals surface area contributed by atoms with Gasteiger partial charge < -0.3 is 29.2 Å². The number of aryl methyl sites for hydroxylation is 1. The van der Waals surface area contributed by atoms with Crippen molar-refractivity contribution >= 4 is 28.4 Å². The van der Waals surface area contributed by atoms with Crippen molar-refractivity contribution in [3.8, 4) is 11.5 Å². The van der Waals surface area contributed by atoms with Gasteiger partial charge in [-0.05, 0) is 25.1 Å². The number of aliphatic hydroxyl groups is 1. The minimum Gasteiger partial charge on any atom is -0.507 e. The number of hydrogen-bond donors (Lipinski definition) is 2. The van der Waals surface area contributed by atoms with Gasteiger partial charge in [0.15, 0.2) is 0 Å². The van der Waals surface area contributed by atoms with Gasteiger partial charge in [-0.1, -0.05) is 18.2 Å². The number of carbonyl (C=O) groups excluding carboxylic acids is 2. The zero-order chi connectivity index (χ0) is 23.7. The molecule has 1 aromatic heterocycles. The van der Waals surface area contributed by atoms with Crippen LogP contribution in [0.15, 0.2) is 48.0 Å². The molecule has 1 aliphatic heterocycles. The standard InChI is InChI=1S/C25H26N2O6/c1-14-20(16-7-5-6-8-18(16)26-14)22-21(24(29)25(30)27(22)11-12-31-2)23(28)17-10-9-15(32-3)13-19(17)33-4/h5-10,13,22,26,28H,11-12H2,1-4H3/b23-21+. The molecule has 33 heavy (non-hydrogen) atoms. The number of rotatable bonds is 7. The quantitative estimate of drug-likeness (QED) is 0.324. The number of aromatic amines is 1. The Morgan fingerprint density at radius 3 is 2.55 bits per heavy atom. The Labute approximate surface area is 191 Å². The number of likely N-dealkylation sites (tertiary alicyclic amines) is 1. The first-order valence-electron chi connectivity index (χ1n) is 10.5. The average molecular weight is 450 g/mol. The zero-order valence-electron chi connectivity index (χ0n) is 19.0. The molecular weight excluding hydrogens is 424 g/mol. The van der Waals surface area contributed by atoms with E-state index in [2.05, 4.69) is 4.98 Å². The first-order chi connectivity index (χ1) is 15.9. The van der Waals surface area contributed by atoms with Gasteiger partial charge in [0.2, 0.25) is 0 Å². The number of fused-ring (bicyclic) bond motifs is 1. The van der Waals surface area contributed by atoms with E-state index in [1.165, 1.54) is 26.2 Å².